The fourth-order valence-corrected chi connectivity index (χ4v) is 2.19. The van der Waals surface area contributed by atoms with Crippen LogP contribution in [0.3, 0.4) is 0 Å². The minimum Gasteiger partial charge on any atom is -0.495 e. The predicted octanol–water partition coefficient (Wildman–Crippen LogP) is 2.02. The van der Waals surface area contributed by atoms with E-state index in [-0.39, 0.29) is 11.9 Å². The molecule has 4 heteroatoms. The molecule has 15 heavy (non-hydrogen) atoms. The minimum atomic E-state index is -0.118. The Balaban J connectivity index is 2.56. The molecule has 1 N–H and O–H groups in total. The van der Waals surface area contributed by atoms with E-state index in [0.29, 0.717) is 16.3 Å². The topological polar surface area (TPSA) is 38.3 Å². The van der Waals surface area contributed by atoms with E-state index in [0.717, 1.165) is 12.0 Å². The molecule has 80 valence electrons. The highest BCUT2D eigenvalue weighted by Crippen LogP contribution is 2.32. The summed E-state index contributed by atoms with van der Waals surface area (Å²) in [6, 6.07) is 3.86. The zero-order valence-electron chi connectivity index (χ0n) is 8.63. The molecule has 1 heterocycles. The highest BCUT2D eigenvalue weighted by molar-refractivity contribution is 6.35. The maximum atomic E-state index is 11.7. The van der Waals surface area contributed by atoms with Crippen molar-refractivity contribution in [2.75, 3.05) is 7.11 Å². The first kappa shape index (κ1) is 10.3. The normalized spacial score (nSPS) is 19.4. The molecular weight excluding hydrogens is 214 g/mol. The Hall–Kier alpha value is -1.22. The molecule has 1 atom stereocenters. The van der Waals surface area contributed by atoms with E-state index >= 15 is 0 Å². The number of rotatable bonds is 1. The molecule has 0 saturated heterocycles. The average molecular weight is 226 g/mol. The van der Waals surface area contributed by atoms with Crippen LogP contribution >= 0.6 is 11.6 Å². The molecule has 0 fully saturated rings. The van der Waals surface area contributed by atoms with E-state index in [1.165, 1.54) is 7.11 Å². The van der Waals surface area contributed by atoms with Crippen LogP contribution in [-0.2, 0) is 6.42 Å². The largest absolute Gasteiger partial charge is 0.495 e. The van der Waals surface area contributed by atoms with E-state index in [1.807, 2.05) is 13.0 Å². The third-order valence-corrected chi connectivity index (χ3v) is 2.92. The maximum Gasteiger partial charge on any atom is 0.253 e. The van der Waals surface area contributed by atoms with Gasteiger partial charge in [-0.3, -0.25) is 4.79 Å². The third kappa shape index (κ3) is 1.67. The minimum absolute atomic E-state index is 0.118. The van der Waals surface area contributed by atoms with Crippen LogP contribution in [0, 0.1) is 0 Å². The number of benzene rings is 1. The van der Waals surface area contributed by atoms with Crippen molar-refractivity contribution in [3.05, 3.63) is 28.3 Å². The highest BCUT2D eigenvalue weighted by Gasteiger charge is 2.25. The van der Waals surface area contributed by atoms with Crippen LogP contribution < -0.4 is 10.1 Å². The number of carbonyl (C=O) groups is 1. The van der Waals surface area contributed by atoms with Crippen molar-refractivity contribution in [3.8, 4) is 5.75 Å². The van der Waals surface area contributed by atoms with Gasteiger partial charge in [-0.15, -0.1) is 0 Å². The van der Waals surface area contributed by atoms with E-state index in [1.54, 1.807) is 6.07 Å². The number of carbonyl (C=O) groups excluding carboxylic acids is 1. The van der Waals surface area contributed by atoms with Gasteiger partial charge in [0.15, 0.2) is 0 Å². The summed E-state index contributed by atoms with van der Waals surface area (Å²) in [6.07, 6.45) is 0.810. The molecule has 0 radical (unpaired) electrons. The number of hydrogen-bond donors (Lipinski definition) is 1. The van der Waals surface area contributed by atoms with E-state index < -0.39 is 0 Å². The Bertz CT molecular complexity index is 417. The van der Waals surface area contributed by atoms with Crippen molar-refractivity contribution in [2.45, 2.75) is 19.4 Å². The Morgan fingerprint density at radius 3 is 2.93 bits per heavy atom. The molecule has 0 unspecified atom stereocenters. The zero-order valence-corrected chi connectivity index (χ0v) is 9.39. The number of methoxy groups -OCH3 is 1. The number of hydrogen-bond acceptors (Lipinski definition) is 2. The van der Waals surface area contributed by atoms with Gasteiger partial charge in [0, 0.05) is 6.04 Å². The highest BCUT2D eigenvalue weighted by atomic mass is 35.5. The number of fused-ring (bicyclic) bond motifs is 1. The Morgan fingerprint density at radius 1 is 1.53 bits per heavy atom. The van der Waals surface area contributed by atoms with Crippen molar-refractivity contribution in [1.82, 2.24) is 5.32 Å². The summed E-state index contributed by atoms with van der Waals surface area (Å²) in [5.74, 6) is 0.424. The summed E-state index contributed by atoms with van der Waals surface area (Å²) in [5, 5.41) is 3.25. The Labute approximate surface area is 93.4 Å². The number of ether oxygens (including phenoxy) is 1. The predicted molar refractivity (Wildman–Crippen MR) is 58.6 cm³/mol. The van der Waals surface area contributed by atoms with Crippen LogP contribution in [0.4, 0.5) is 0 Å². The van der Waals surface area contributed by atoms with Gasteiger partial charge in [0.1, 0.15) is 5.75 Å². The molecule has 3 nitrogen and oxygen atoms in total. The van der Waals surface area contributed by atoms with Gasteiger partial charge in [-0.2, -0.15) is 0 Å². The lowest BCUT2D eigenvalue weighted by atomic mass is 9.96. The van der Waals surface area contributed by atoms with Crippen LogP contribution in [0.25, 0.3) is 0 Å². The van der Waals surface area contributed by atoms with Gasteiger partial charge < -0.3 is 10.1 Å². The molecule has 1 aromatic rings. The van der Waals surface area contributed by atoms with Crippen LogP contribution in [0.5, 0.6) is 5.75 Å². The van der Waals surface area contributed by atoms with Crippen LogP contribution in [0.15, 0.2) is 12.1 Å². The molecular formula is C11H12ClNO2. The zero-order chi connectivity index (χ0) is 11.0. The molecule has 1 aromatic carbocycles. The van der Waals surface area contributed by atoms with Crippen molar-refractivity contribution < 1.29 is 9.53 Å². The molecule has 0 bridgehead atoms. The van der Waals surface area contributed by atoms with E-state index in [2.05, 4.69) is 5.32 Å². The first-order valence-electron chi connectivity index (χ1n) is 4.79. The van der Waals surface area contributed by atoms with Crippen molar-refractivity contribution in [2.24, 2.45) is 0 Å². The van der Waals surface area contributed by atoms with Crippen molar-refractivity contribution in [1.29, 1.82) is 0 Å². The van der Waals surface area contributed by atoms with Gasteiger partial charge in [0.05, 0.1) is 17.7 Å². The molecule has 1 amide bonds. The molecule has 0 saturated carbocycles. The SMILES string of the molecule is COc1ccc2c(c1Cl)C(=O)N[C@H](C)C2. The first-order valence-corrected chi connectivity index (χ1v) is 5.17. The lowest BCUT2D eigenvalue weighted by Crippen LogP contribution is -2.39. The summed E-state index contributed by atoms with van der Waals surface area (Å²) < 4.78 is 5.07. The molecule has 2 rings (SSSR count). The average Bonchev–Trinajstić information content (AvgIpc) is 2.17. The maximum absolute atomic E-state index is 11.7. The van der Waals surface area contributed by atoms with E-state index in [4.69, 9.17) is 16.3 Å². The summed E-state index contributed by atoms with van der Waals surface area (Å²) in [5.41, 5.74) is 1.53. The van der Waals surface area contributed by atoms with E-state index in [9.17, 15) is 4.79 Å². The Kier molecular flexibility index (Phi) is 2.57. The summed E-state index contributed by atoms with van der Waals surface area (Å²) in [7, 11) is 1.54. The lowest BCUT2D eigenvalue weighted by molar-refractivity contribution is 0.0929. The number of halogens is 1. The second-order valence-electron chi connectivity index (χ2n) is 3.69. The van der Waals surface area contributed by atoms with Crippen LogP contribution in [0.1, 0.15) is 22.8 Å². The molecule has 1 aliphatic heterocycles. The monoisotopic (exact) mass is 225 g/mol. The molecule has 0 aromatic heterocycles. The lowest BCUT2D eigenvalue weighted by Gasteiger charge is -2.23. The molecule has 1 aliphatic rings. The summed E-state index contributed by atoms with van der Waals surface area (Å²) >= 11 is 6.08. The van der Waals surface area contributed by atoms with Gasteiger partial charge >= 0.3 is 0 Å². The Morgan fingerprint density at radius 2 is 2.27 bits per heavy atom. The third-order valence-electron chi connectivity index (χ3n) is 2.54. The standard InChI is InChI=1S/C11H12ClNO2/c1-6-5-7-3-4-8(15-2)10(12)9(7)11(14)13-6/h3-4,6H,5H2,1-2H3,(H,13,14)/t6-/m1/s1. The smallest absolute Gasteiger partial charge is 0.253 e. The summed E-state index contributed by atoms with van der Waals surface area (Å²) in [4.78, 5) is 11.7. The quantitative estimate of drug-likeness (QED) is 0.794. The van der Waals surface area contributed by atoms with Gasteiger partial charge in [-0.25, -0.2) is 0 Å². The fraction of sp³-hybridized carbons (Fsp3) is 0.364. The van der Waals surface area contributed by atoms with Crippen LogP contribution in [0.2, 0.25) is 5.02 Å². The fourth-order valence-electron chi connectivity index (χ4n) is 1.85. The first-order chi connectivity index (χ1) is 7.13. The van der Waals surface area contributed by atoms with Gasteiger partial charge in [0.25, 0.3) is 5.91 Å². The van der Waals surface area contributed by atoms with Crippen molar-refractivity contribution in [3.63, 3.8) is 0 Å². The molecule has 0 aliphatic carbocycles. The van der Waals surface area contributed by atoms with Gasteiger partial charge in [-0.1, -0.05) is 17.7 Å². The second kappa shape index (κ2) is 3.74. The second-order valence-corrected chi connectivity index (χ2v) is 4.07. The van der Waals surface area contributed by atoms with Crippen LogP contribution in [-0.4, -0.2) is 19.1 Å². The van der Waals surface area contributed by atoms with Crippen molar-refractivity contribution >= 4 is 17.5 Å². The number of nitrogens with one attached hydrogen (secondary N) is 1. The van der Waals surface area contributed by atoms with Gasteiger partial charge in [-0.05, 0) is 25.0 Å². The summed E-state index contributed by atoms with van der Waals surface area (Å²) in [6.45, 7) is 1.97. The number of amides is 1. The molecule has 0 spiro atoms. The van der Waals surface area contributed by atoms with Gasteiger partial charge in [0.2, 0.25) is 0 Å².